The minimum absolute atomic E-state index is 0.133. The quantitative estimate of drug-likeness (QED) is 0.738. The fourth-order valence-electron chi connectivity index (χ4n) is 2.38. The first-order valence-electron chi connectivity index (χ1n) is 8.02. The molecule has 1 amide bonds. The number of halogens is 1. The van der Waals surface area contributed by atoms with E-state index in [1.807, 2.05) is 6.92 Å². The van der Waals surface area contributed by atoms with Crippen LogP contribution in [0.1, 0.15) is 24.9 Å². The largest absolute Gasteiger partial charge is 0.494 e. The third kappa shape index (κ3) is 6.45. The zero-order valence-electron chi connectivity index (χ0n) is 14.5. The minimum Gasteiger partial charge on any atom is -0.494 e. The van der Waals surface area contributed by atoms with E-state index in [0.717, 1.165) is 6.26 Å². The van der Waals surface area contributed by atoms with Gasteiger partial charge in [0.1, 0.15) is 11.6 Å². The minimum atomic E-state index is -3.55. The maximum Gasteiger partial charge on any atom is 0.226 e. The van der Waals surface area contributed by atoms with Gasteiger partial charge in [-0.2, -0.15) is 0 Å². The van der Waals surface area contributed by atoms with Crippen LogP contribution in [0.5, 0.6) is 5.75 Å². The second-order valence-electron chi connectivity index (χ2n) is 5.70. The predicted molar refractivity (Wildman–Crippen MR) is 98.0 cm³/mol. The van der Waals surface area contributed by atoms with Crippen LogP contribution in [0.4, 0.5) is 10.1 Å². The number of carbonyl (C=O) groups excluding carboxylic acids is 1. The van der Waals surface area contributed by atoms with E-state index >= 15 is 0 Å². The molecule has 2 N–H and O–H groups in total. The molecule has 0 fully saturated rings. The molecule has 0 radical (unpaired) electrons. The van der Waals surface area contributed by atoms with Crippen LogP contribution in [0.2, 0.25) is 0 Å². The van der Waals surface area contributed by atoms with Crippen molar-refractivity contribution in [3.63, 3.8) is 0 Å². The molecule has 0 saturated carbocycles. The number of rotatable bonds is 8. The van der Waals surface area contributed by atoms with Crippen LogP contribution >= 0.6 is 0 Å². The Labute approximate surface area is 152 Å². The molecule has 0 heterocycles. The summed E-state index contributed by atoms with van der Waals surface area (Å²) in [6, 6.07) is 11.4. The molecule has 0 aromatic heterocycles. The van der Waals surface area contributed by atoms with E-state index in [1.54, 1.807) is 24.3 Å². The molecule has 2 aromatic rings. The van der Waals surface area contributed by atoms with Crippen molar-refractivity contribution in [1.29, 1.82) is 0 Å². The maximum absolute atomic E-state index is 13.1. The molecule has 140 valence electrons. The van der Waals surface area contributed by atoms with Gasteiger partial charge in [-0.1, -0.05) is 12.1 Å². The summed E-state index contributed by atoms with van der Waals surface area (Å²) < 4.78 is 44.0. The average molecular weight is 380 g/mol. The fourth-order valence-corrected chi connectivity index (χ4v) is 3.12. The Kier molecular flexibility index (Phi) is 6.70. The molecular formula is C18H21FN2O4S. The normalized spacial score (nSPS) is 12.4. The number of carbonyl (C=O) groups is 1. The molecule has 8 heteroatoms. The number of sulfonamides is 1. The van der Waals surface area contributed by atoms with Gasteiger partial charge in [0.15, 0.2) is 0 Å². The summed E-state index contributed by atoms with van der Waals surface area (Å²) in [6.07, 6.45) is 0.875. The van der Waals surface area contributed by atoms with Crippen LogP contribution < -0.4 is 14.8 Å². The Morgan fingerprint density at radius 3 is 2.27 bits per heavy atom. The molecular weight excluding hydrogens is 359 g/mol. The molecule has 0 spiro atoms. The molecule has 0 unspecified atom stereocenters. The Balaban J connectivity index is 2.08. The average Bonchev–Trinajstić information content (AvgIpc) is 2.56. The van der Waals surface area contributed by atoms with E-state index in [-0.39, 0.29) is 12.3 Å². The van der Waals surface area contributed by atoms with Crippen molar-refractivity contribution >= 4 is 21.6 Å². The van der Waals surface area contributed by atoms with Crippen molar-refractivity contribution in [3.05, 3.63) is 59.9 Å². The highest BCUT2D eigenvalue weighted by Crippen LogP contribution is 2.20. The molecule has 26 heavy (non-hydrogen) atoms. The molecule has 0 aliphatic rings. The van der Waals surface area contributed by atoms with E-state index in [1.165, 1.54) is 24.3 Å². The molecule has 0 aliphatic carbocycles. The van der Waals surface area contributed by atoms with Crippen LogP contribution in [-0.2, 0) is 14.8 Å². The standard InChI is InChI=1S/C18H21FN2O4S/c1-3-25-16-10-8-15(9-11-16)20-18(22)12-17(21-26(2,23)24)13-4-6-14(19)7-5-13/h4-11,17,21H,3,12H2,1-2H3,(H,20,22)/t17-/m0/s1. The van der Waals surface area contributed by atoms with Crippen molar-refractivity contribution in [2.45, 2.75) is 19.4 Å². The number of amides is 1. The van der Waals surface area contributed by atoms with Gasteiger partial charge in [0, 0.05) is 12.1 Å². The van der Waals surface area contributed by atoms with Crippen LogP contribution in [0.3, 0.4) is 0 Å². The maximum atomic E-state index is 13.1. The molecule has 1 atom stereocenters. The number of ether oxygens (including phenoxy) is 1. The van der Waals surface area contributed by atoms with Crippen LogP contribution in [-0.4, -0.2) is 27.2 Å². The smallest absolute Gasteiger partial charge is 0.226 e. The summed E-state index contributed by atoms with van der Waals surface area (Å²) in [5.41, 5.74) is 1.06. The molecule has 2 rings (SSSR count). The lowest BCUT2D eigenvalue weighted by Gasteiger charge is -2.18. The molecule has 0 aliphatic heterocycles. The van der Waals surface area contributed by atoms with Gasteiger partial charge in [-0.25, -0.2) is 17.5 Å². The second kappa shape index (κ2) is 8.77. The summed E-state index contributed by atoms with van der Waals surface area (Å²) in [5.74, 6) is -0.126. The number of anilines is 1. The SMILES string of the molecule is CCOc1ccc(NC(=O)C[C@H](NS(C)(=O)=O)c2ccc(F)cc2)cc1. The molecule has 2 aromatic carbocycles. The van der Waals surface area contributed by atoms with Crippen molar-refractivity contribution in [2.24, 2.45) is 0 Å². The predicted octanol–water partition coefficient (Wildman–Crippen LogP) is 2.84. The Morgan fingerprint density at radius 1 is 1.12 bits per heavy atom. The highest BCUT2D eigenvalue weighted by Gasteiger charge is 2.20. The van der Waals surface area contributed by atoms with Gasteiger partial charge in [-0.15, -0.1) is 0 Å². The summed E-state index contributed by atoms with van der Waals surface area (Å²) in [5, 5.41) is 2.71. The summed E-state index contributed by atoms with van der Waals surface area (Å²) in [7, 11) is -3.55. The van der Waals surface area contributed by atoms with Gasteiger partial charge in [-0.3, -0.25) is 4.79 Å². The van der Waals surface area contributed by atoms with Crippen molar-refractivity contribution < 1.29 is 22.3 Å². The van der Waals surface area contributed by atoms with Crippen LogP contribution in [0.25, 0.3) is 0 Å². The summed E-state index contributed by atoms with van der Waals surface area (Å²) in [4.78, 5) is 12.3. The lowest BCUT2D eigenvalue weighted by atomic mass is 10.0. The zero-order valence-corrected chi connectivity index (χ0v) is 15.3. The molecule has 0 bridgehead atoms. The van der Waals surface area contributed by atoms with E-state index in [0.29, 0.717) is 23.6 Å². The first kappa shape index (κ1) is 19.9. The fraction of sp³-hybridized carbons (Fsp3) is 0.278. The van der Waals surface area contributed by atoms with Crippen LogP contribution in [0, 0.1) is 5.82 Å². The highest BCUT2D eigenvalue weighted by atomic mass is 32.2. The Morgan fingerprint density at radius 2 is 1.73 bits per heavy atom. The van der Waals surface area contributed by atoms with E-state index in [9.17, 15) is 17.6 Å². The van der Waals surface area contributed by atoms with E-state index < -0.39 is 21.9 Å². The zero-order chi connectivity index (χ0) is 19.2. The number of benzene rings is 2. The van der Waals surface area contributed by atoms with Crippen molar-refractivity contribution in [1.82, 2.24) is 4.72 Å². The first-order chi connectivity index (χ1) is 12.3. The van der Waals surface area contributed by atoms with Gasteiger partial charge in [-0.05, 0) is 48.9 Å². The molecule has 0 saturated heterocycles. The monoisotopic (exact) mass is 380 g/mol. The van der Waals surface area contributed by atoms with Gasteiger partial charge >= 0.3 is 0 Å². The first-order valence-corrected chi connectivity index (χ1v) is 9.91. The summed E-state index contributed by atoms with van der Waals surface area (Å²) in [6.45, 7) is 2.42. The van der Waals surface area contributed by atoms with Gasteiger partial charge in [0.25, 0.3) is 0 Å². The van der Waals surface area contributed by atoms with Gasteiger partial charge in [0.2, 0.25) is 15.9 Å². The highest BCUT2D eigenvalue weighted by molar-refractivity contribution is 7.88. The van der Waals surface area contributed by atoms with Crippen molar-refractivity contribution in [2.75, 3.05) is 18.2 Å². The Hall–Kier alpha value is -2.45. The second-order valence-corrected chi connectivity index (χ2v) is 7.48. The van der Waals surface area contributed by atoms with E-state index in [4.69, 9.17) is 4.74 Å². The third-order valence-corrected chi connectivity index (χ3v) is 4.18. The number of nitrogens with one attached hydrogen (secondary N) is 2. The van der Waals surface area contributed by atoms with Crippen LogP contribution in [0.15, 0.2) is 48.5 Å². The third-order valence-electron chi connectivity index (χ3n) is 3.47. The van der Waals surface area contributed by atoms with E-state index in [2.05, 4.69) is 10.0 Å². The Bertz CT molecular complexity index is 836. The van der Waals surface area contributed by atoms with Gasteiger partial charge in [0.05, 0.1) is 18.9 Å². The topological polar surface area (TPSA) is 84.5 Å². The van der Waals surface area contributed by atoms with Gasteiger partial charge < -0.3 is 10.1 Å². The molecule has 6 nitrogen and oxygen atoms in total. The lowest BCUT2D eigenvalue weighted by molar-refractivity contribution is -0.116. The lowest BCUT2D eigenvalue weighted by Crippen LogP contribution is -2.30. The summed E-state index contributed by atoms with van der Waals surface area (Å²) >= 11 is 0. The number of hydrogen-bond acceptors (Lipinski definition) is 4. The van der Waals surface area contributed by atoms with Crippen molar-refractivity contribution in [3.8, 4) is 5.75 Å². The number of hydrogen-bond donors (Lipinski definition) is 2.